The molecule has 0 aliphatic heterocycles. The molecule has 2 N–H and O–H groups in total. The second-order valence-corrected chi connectivity index (χ2v) is 10.3. The first-order valence-corrected chi connectivity index (χ1v) is 12.3. The molecule has 1 amide bonds. The molecule has 0 aromatic heterocycles. The minimum atomic E-state index is -4.45. The highest BCUT2D eigenvalue weighted by Gasteiger charge is 2.30. The van der Waals surface area contributed by atoms with E-state index >= 15 is 0 Å². The van der Waals surface area contributed by atoms with Crippen molar-refractivity contribution in [2.75, 3.05) is 6.54 Å². The summed E-state index contributed by atoms with van der Waals surface area (Å²) in [6, 6.07) is 11.7. The van der Waals surface area contributed by atoms with Gasteiger partial charge in [0.1, 0.15) is 0 Å². The lowest BCUT2D eigenvalue weighted by Crippen LogP contribution is -2.35. The molecule has 2 aliphatic carbocycles. The van der Waals surface area contributed by atoms with Crippen LogP contribution >= 0.6 is 0 Å². The normalized spacial score (nSPS) is 12.6. The fourth-order valence-electron chi connectivity index (χ4n) is 3.57. The maximum absolute atomic E-state index is 13.0. The van der Waals surface area contributed by atoms with Gasteiger partial charge in [0.2, 0.25) is 10.0 Å². The number of nitrogens with one attached hydrogen (secondary N) is 2. The molecule has 0 radical (unpaired) electrons. The van der Waals surface area contributed by atoms with Crippen LogP contribution in [0.25, 0.3) is 11.1 Å². The van der Waals surface area contributed by atoms with Crippen LogP contribution in [0.5, 0.6) is 0 Å². The topological polar surface area (TPSA) is 87.6 Å². The number of rotatable bonds is 7. The van der Waals surface area contributed by atoms with Crippen molar-refractivity contribution in [3.8, 4) is 11.1 Å². The van der Waals surface area contributed by atoms with E-state index in [0.717, 1.165) is 40.6 Å². The molecule has 186 valence electrons. The number of hydrogen-bond donors (Lipinski definition) is 2. The van der Waals surface area contributed by atoms with Crippen molar-refractivity contribution < 1.29 is 26.4 Å². The molecule has 0 heterocycles. The summed E-state index contributed by atoms with van der Waals surface area (Å²) in [4.78, 5) is 12.2. The summed E-state index contributed by atoms with van der Waals surface area (Å²) in [7, 11) is -4.01. The summed E-state index contributed by atoms with van der Waals surface area (Å²) in [6.45, 7) is 7.24. The molecule has 2 aliphatic rings. The van der Waals surface area contributed by atoms with Crippen LogP contribution in [-0.4, -0.2) is 27.1 Å². The molecule has 3 rings (SSSR count). The first kappa shape index (κ1) is 26.4. The molecule has 1 aromatic carbocycles. The molecule has 6 nitrogen and oxygen atoms in total. The summed E-state index contributed by atoms with van der Waals surface area (Å²) in [5.74, 6) is -0.460. The minimum absolute atomic E-state index is 0.0921. The first-order valence-electron chi connectivity index (χ1n) is 10.8. The second-order valence-electron chi connectivity index (χ2n) is 8.53. The zero-order valence-corrected chi connectivity index (χ0v) is 20.5. The Labute approximate surface area is 202 Å². The lowest BCUT2D eigenvalue weighted by molar-refractivity contribution is -0.137. The Morgan fingerprint density at radius 1 is 1.03 bits per heavy atom. The molecule has 0 saturated carbocycles. The number of aryl methyl sites for hydroxylation is 2. The maximum Gasteiger partial charge on any atom is 0.416 e. The zero-order chi connectivity index (χ0) is 26.0. The van der Waals surface area contributed by atoms with Gasteiger partial charge in [-0.2, -0.15) is 18.3 Å². The van der Waals surface area contributed by atoms with Crippen molar-refractivity contribution in [2.45, 2.75) is 44.7 Å². The van der Waals surface area contributed by atoms with Crippen molar-refractivity contribution in [3.05, 3.63) is 76.3 Å². The zero-order valence-electron chi connectivity index (χ0n) is 19.7. The number of alkyl halides is 3. The van der Waals surface area contributed by atoms with Gasteiger partial charge in [-0.25, -0.2) is 18.6 Å². The van der Waals surface area contributed by atoms with E-state index in [2.05, 4.69) is 29.1 Å². The number of nitrogens with zero attached hydrogens (tertiary/aromatic N) is 1. The minimum Gasteiger partial charge on any atom is -0.272 e. The van der Waals surface area contributed by atoms with Gasteiger partial charge in [-0.1, -0.05) is 44.2 Å². The summed E-state index contributed by atoms with van der Waals surface area (Å²) < 4.78 is 66.2. The molecule has 0 bridgehead atoms. The molecular weight excluding hydrogens is 479 g/mol. The fourth-order valence-corrected chi connectivity index (χ4v) is 4.92. The largest absolute Gasteiger partial charge is 0.416 e. The van der Waals surface area contributed by atoms with Gasteiger partial charge < -0.3 is 0 Å². The van der Waals surface area contributed by atoms with Gasteiger partial charge in [0, 0.05) is 5.56 Å². The van der Waals surface area contributed by atoms with E-state index < -0.39 is 34.2 Å². The van der Waals surface area contributed by atoms with Crippen LogP contribution < -0.4 is 10.1 Å². The molecule has 0 spiro atoms. The van der Waals surface area contributed by atoms with Crippen LogP contribution in [0.15, 0.2) is 58.5 Å². The SMILES string of the molecule is Cc1cc(S(=O)(=O)NCC(=O)N/N=C/c2ccc(C(F)(F)F)cc2)c2c(C)ccc(C(C)C)cc1-2. The number of sulfonamides is 1. The number of fused-ring (bicyclic) bond motifs is 1. The fraction of sp³-hybridized carbons (Fsp3) is 0.280. The monoisotopic (exact) mass is 505 g/mol. The van der Waals surface area contributed by atoms with Gasteiger partial charge >= 0.3 is 6.18 Å². The Morgan fingerprint density at radius 3 is 2.29 bits per heavy atom. The number of carbonyl (C=O) groups excluding carboxylic acids is 1. The van der Waals surface area contributed by atoms with Crippen LogP contribution in [0, 0.1) is 13.8 Å². The number of hydrogen-bond acceptors (Lipinski definition) is 4. The van der Waals surface area contributed by atoms with E-state index in [1.807, 2.05) is 32.0 Å². The highest BCUT2D eigenvalue weighted by Crippen LogP contribution is 2.38. The number of hydrazone groups is 1. The first-order chi connectivity index (χ1) is 16.3. The highest BCUT2D eigenvalue weighted by atomic mass is 32.2. The van der Waals surface area contributed by atoms with E-state index in [-0.39, 0.29) is 10.8 Å². The smallest absolute Gasteiger partial charge is 0.272 e. The van der Waals surface area contributed by atoms with Crippen LogP contribution in [0.2, 0.25) is 0 Å². The van der Waals surface area contributed by atoms with Gasteiger partial charge in [0.05, 0.1) is 23.2 Å². The van der Waals surface area contributed by atoms with Gasteiger partial charge in [-0.05, 0) is 65.8 Å². The summed E-state index contributed by atoms with van der Waals surface area (Å²) in [6.07, 6.45) is -3.28. The standard InChI is InChI=1S/C25H26F3N3O3S/c1-15(2)19-8-5-16(3)24-21(12-19)17(4)11-22(24)35(33,34)30-14-23(32)31-29-13-18-6-9-20(10-7-18)25(26,27)28/h5-13,15,30H,14H2,1-4H3,(H,31,32)/b29-13+. The third kappa shape index (κ3) is 6.26. The van der Waals surface area contributed by atoms with Gasteiger partial charge in [0.25, 0.3) is 5.91 Å². The number of carbonyl (C=O) groups is 1. The predicted octanol–water partition coefficient (Wildman–Crippen LogP) is 4.98. The third-order valence-corrected chi connectivity index (χ3v) is 6.96. The molecular formula is C25H26F3N3O3S. The van der Waals surface area contributed by atoms with Crippen molar-refractivity contribution in [1.29, 1.82) is 0 Å². The summed E-state index contributed by atoms with van der Waals surface area (Å²) in [5, 5.41) is 3.67. The Morgan fingerprint density at radius 2 is 1.69 bits per heavy atom. The van der Waals surface area contributed by atoms with Gasteiger partial charge in [0.15, 0.2) is 0 Å². The molecule has 0 saturated heterocycles. The molecule has 35 heavy (non-hydrogen) atoms. The molecule has 1 aromatic rings. The molecule has 0 unspecified atom stereocenters. The van der Waals surface area contributed by atoms with Crippen LogP contribution in [-0.2, 0) is 21.0 Å². The van der Waals surface area contributed by atoms with Gasteiger partial charge in [-0.3, -0.25) is 4.79 Å². The quantitative estimate of drug-likeness (QED) is 0.351. The van der Waals surface area contributed by atoms with E-state index in [1.54, 1.807) is 6.07 Å². The van der Waals surface area contributed by atoms with Crippen molar-refractivity contribution in [3.63, 3.8) is 0 Å². The maximum atomic E-state index is 13.0. The number of halogens is 3. The van der Waals surface area contributed by atoms with Crippen molar-refractivity contribution in [2.24, 2.45) is 5.10 Å². The summed E-state index contributed by atoms with van der Waals surface area (Å²) in [5.41, 5.74) is 5.82. The van der Waals surface area contributed by atoms with Crippen LogP contribution in [0.1, 0.15) is 47.6 Å². The average molecular weight is 506 g/mol. The lowest BCUT2D eigenvalue weighted by atomic mass is 10.0. The Balaban J connectivity index is 1.69. The number of amides is 1. The van der Waals surface area contributed by atoms with E-state index in [0.29, 0.717) is 11.1 Å². The predicted molar refractivity (Wildman–Crippen MR) is 129 cm³/mol. The average Bonchev–Trinajstić information content (AvgIpc) is 3.00. The highest BCUT2D eigenvalue weighted by molar-refractivity contribution is 7.89. The summed E-state index contributed by atoms with van der Waals surface area (Å²) >= 11 is 0. The Bertz CT molecular complexity index is 1330. The molecule has 10 heteroatoms. The Kier molecular flexibility index (Phi) is 7.66. The lowest BCUT2D eigenvalue weighted by Gasteiger charge is -2.08. The molecule has 0 fully saturated rings. The molecule has 0 atom stereocenters. The third-order valence-electron chi connectivity index (χ3n) is 5.54. The Hall–Kier alpha value is -3.24. The van der Waals surface area contributed by atoms with E-state index in [4.69, 9.17) is 0 Å². The van der Waals surface area contributed by atoms with Crippen LogP contribution in [0.3, 0.4) is 0 Å². The van der Waals surface area contributed by atoms with E-state index in [9.17, 15) is 26.4 Å². The van der Waals surface area contributed by atoms with E-state index in [1.165, 1.54) is 12.1 Å². The van der Waals surface area contributed by atoms with Crippen LogP contribution in [0.4, 0.5) is 13.2 Å². The van der Waals surface area contributed by atoms with Crippen molar-refractivity contribution in [1.82, 2.24) is 10.1 Å². The van der Waals surface area contributed by atoms with Crippen molar-refractivity contribution >= 4 is 22.1 Å². The van der Waals surface area contributed by atoms with Gasteiger partial charge in [-0.15, -0.1) is 0 Å². The second kappa shape index (κ2) is 10.2. The number of benzene rings is 1.